The number of hydrogen-bond donors (Lipinski definition) is 1. The van der Waals surface area contributed by atoms with Crippen molar-refractivity contribution in [3.05, 3.63) is 77.6 Å². The van der Waals surface area contributed by atoms with E-state index in [4.69, 9.17) is 4.74 Å². The third-order valence-corrected chi connectivity index (χ3v) is 5.30. The van der Waals surface area contributed by atoms with Gasteiger partial charge in [-0.25, -0.2) is 0 Å². The number of benzene rings is 2. The number of ether oxygens (including phenoxy) is 1. The topological polar surface area (TPSA) is 69.0 Å². The molecule has 0 aliphatic heterocycles. The van der Waals surface area contributed by atoms with Crippen LogP contribution < -0.4 is 10.1 Å². The Hall–Kier alpha value is -3.06. The maximum atomic E-state index is 12.4. The molecular weight excluding hydrogens is 396 g/mol. The number of aromatic nitrogens is 3. The Morgan fingerprint density at radius 3 is 2.47 bits per heavy atom. The highest BCUT2D eigenvalue weighted by Crippen LogP contribution is 2.20. The predicted molar refractivity (Wildman–Crippen MR) is 121 cm³/mol. The van der Waals surface area contributed by atoms with E-state index in [0.717, 1.165) is 22.6 Å². The van der Waals surface area contributed by atoms with Crippen molar-refractivity contribution < 1.29 is 9.53 Å². The van der Waals surface area contributed by atoms with Crippen molar-refractivity contribution in [2.24, 2.45) is 0 Å². The molecule has 3 aromatic rings. The first-order valence-electron chi connectivity index (χ1n) is 9.68. The molecule has 1 heterocycles. The second kappa shape index (κ2) is 10.1. The molecule has 3 rings (SSSR count). The van der Waals surface area contributed by atoms with E-state index < -0.39 is 0 Å². The molecule has 0 aliphatic carbocycles. The highest BCUT2D eigenvalue weighted by Gasteiger charge is 2.14. The highest BCUT2D eigenvalue weighted by molar-refractivity contribution is 7.99. The minimum atomic E-state index is -0.0874. The Labute approximate surface area is 181 Å². The van der Waals surface area contributed by atoms with E-state index in [2.05, 4.69) is 28.2 Å². The molecule has 156 valence electrons. The predicted octanol–water partition coefficient (Wildman–Crippen LogP) is 4.70. The number of aryl methyl sites for hydroxylation is 3. The molecular formula is C23H26N4O2S. The van der Waals surface area contributed by atoms with Gasteiger partial charge < -0.3 is 10.1 Å². The first-order valence-corrected chi connectivity index (χ1v) is 10.7. The molecule has 1 N–H and O–H groups in total. The fourth-order valence-corrected chi connectivity index (χ4v) is 3.77. The van der Waals surface area contributed by atoms with Crippen molar-refractivity contribution >= 4 is 23.4 Å². The van der Waals surface area contributed by atoms with Gasteiger partial charge in [0.25, 0.3) is 0 Å². The molecule has 0 saturated heterocycles. The van der Waals surface area contributed by atoms with E-state index in [1.54, 1.807) is 6.08 Å². The van der Waals surface area contributed by atoms with Crippen molar-refractivity contribution in [1.29, 1.82) is 0 Å². The van der Waals surface area contributed by atoms with Gasteiger partial charge in [0, 0.05) is 12.2 Å². The zero-order valence-electron chi connectivity index (χ0n) is 17.5. The molecule has 0 fully saturated rings. The average molecular weight is 423 g/mol. The van der Waals surface area contributed by atoms with Crippen LogP contribution in [-0.4, -0.2) is 26.4 Å². The fraction of sp³-hybridized carbons (Fsp3) is 0.261. The van der Waals surface area contributed by atoms with E-state index in [-0.39, 0.29) is 11.7 Å². The summed E-state index contributed by atoms with van der Waals surface area (Å²) in [4.78, 5) is 12.4. The van der Waals surface area contributed by atoms with Crippen LogP contribution in [0.15, 0.2) is 60.3 Å². The lowest BCUT2D eigenvalue weighted by atomic mass is 10.1. The lowest BCUT2D eigenvalue weighted by molar-refractivity contribution is -0.113. The zero-order chi connectivity index (χ0) is 21.5. The van der Waals surface area contributed by atoms with Crippen LogP contribution in [-0.2, 0) is 17.9 Å². The largest absolute Gasteiger partial charge is 0.486 e. The van der Waals surface area contributed by atoms with Crippen LogP contribution >= 0.6 is 11.8 Å². The standard InChI is InChI=1S/C23H26N4O2S/c1-5-10-27-21(14-29-20-8-6-16(2)7-9-20)25-26-23(27)30-15-22(28)24-19-12-17(3)11-18(4)13-19/h5-9,11-13H,1,10,14-15H2,2-4H3,(H,24,28). The zero-order valence-corrected chi connectivity index (χ0v) is 18.3. The Kier molecular flexibility index (Phi) is 7.30. The molecule has 1 amide bonds. The molecule has 30 heavy (non-hydrogen) atoms. The molecule has 0 spiro atoms. The summed E-state index contributed by atoms with van der Waals surface area (Å²) in [5, 5.41) is 12.1. The fourth-order valence-electron chi connectivity index (χ4n) is 3.00. The second-order valence-electron chi connectivity index (χ2n) is 7.11. The summed E-state index contributed by atoms with van der Waals surface area (Å²) in [6.07, 6.45) is 1.78. The maximum absolute atomic E-state index is 12.4. The van der Waals surface area contributed by atoms with Gasteiger partial charge >= 0.3 is 0 Å². The van der Waals surface area contributed by atoms with E-state index in [1.165, 1.54) is 17.3 Å². The molecule has 0 radical (unpaired) electrons. The van der Waals surface area contributed by atoms with Crippen molar-refractivity contribution in [1.82, 2.24) is 14.8 Å². The van der Waals surface area contributed by atoms with Gasteiger partial charge in [0.1, 0.15) is 12.4 Å². The number of anilines is 1. The van der Waals surface area contributed by atoms with Crippen molar-refractivity contribution in [2.75, 3.05) is 11.1 Å². The number of amides is 1. The highest BCUT2D eigenvalue weighted by atomic mass is 32.2. The minimum absolute atomic E-state index is 0.0874. The summed E-state index contributed by atoms with van der Waals surface area (Å²) in [5.74, 6) is 1.61. The summed E-state index contributed by atoms with van der Waals surface area (Å²) in [6, 6.07) is 13.8. The summed E-state index contributed by atoms with van der Waals surface area (Å²) >= 11 is 1.34. The number of carbonyl (C=O) groups is 1. The SMILES string of the molecule is C=CCn1c(COc2ccc(C)cc2)nnc1SCC(=O)Nc1cc(C)cc(C)c1. The third kappa shape index (κ3) is 5.97. The van der Waals surface area contributed by atoms with Gasteiger partial charge in [-0.1, -0.05) is 41.6 Å². The van der Waals surface area contributed by atoms with E-state index >= 15 is 0 Å². The van der Waals surface area contributed by atoms with E-state index in [0.29, 0.717) is 24.1 Å². The van der Waals surface area contributed by atoms with Crippen molar-refractivity contribution in [3.8, 4) is 5.75 Å². The van der Waals surface area contributed by atoms with Crippen LogP contribution in [0, 0.1) is 20.8 Å². The molecule has 0 unspecified atom stereocenters. The van der Waals surface area contributed by atoms with E-state index in [1.807, 2.05) is 61.7 Å². The molecule has 2 aromatic carbocycles. The van der Waals surface area contributed by atoms with Gasteiger partial charge in [0.2, 0.25) is 5.91 Å². The second-order valence-corrected chi connectivity index (χ2v) is 8.06. The van der Waals surface area contributed by atoms with E-state index in [9.17, 15) is 4.79 Å². The van der Waals surface area contributed by atoms with Crippen LogP contribution in [0.1, 0.15) is 22.5 Å². The van der Waals surface area contributed by atoms with Crippen LogP contribution in [0.3, 0.4) is 0 Å². The summed E-state index contributed by atoms with van der Waals surface area (Å²) < 4.78 is 7.74. The summed E-state index contributed by atoms with van der Waals surface area (Å²) in [7, 11) is 0. The minimum Gasteiger partial charge on any atom is -0.486 e. The molecule has 0 bridgehead atoms. The number of thioether (sulfide) groups is 1. The molecule has 1 aromatic heterocycles. The van der Waals surface area contributed by atoms with Crippen LogP contribution in [0.25, 0.3) is 0 Å². The van der Waals surface area contributed by atoms with Gasteiger partial charge in [-0.05, 0) is 56.2 Å². The van der Waals surface area contributed by atoms with Crippen LogP contribution in [0.2, 0.25) is 0 Å². The Balaban J connectivity index is 1.61. The monoisotopic (exact) mass is 422 g/mol. The molecule has 6 nitrogen and oxygen atoms in total. The molecule has 0 aliphatic rings. The van der Waals surface area contributed by atoms with Crippen LogP contribution in [0.4, 0.5) is 5.69 Å². The normalized spacial score (nSPS) is 10.6. The van der Waals surface area contributed by atoms with Gasteiger partial charge in [0.15, 0.2) is 11.0 Å². The molecule has 0 atom stereocenters. The Bertz CT molecular complexity index is 1010. The first-order chi connectivity index (χ1) is 14.4. The first kappa shape index (κ1) is 21.6. The number of carbonyl (C=O) groups excluding carboxylic acids is 1. The number of nitrogens with zero attached hydrogens (tertiary/aromatic N) is 3. The quantitative estimate of drug-likeness (QED) is 0.400. The molecule has 0 saturated carbocycles. The third-order valence-electron chi connectivity index (χ3n) is 4.33. The Morgan fingerprint density at radius 2 is 1.80 bits per heavy atom. The van der Waals surface area contributed by atoms with Gasteiger partial charge in [-0.15, -0.1) is 16.8 Å². The summed E-state index contributed by atoms with van der Waals surface area (Å²) in [6.45, 7) is 10.7. The Morgan fingerprint density at radius 1 is 1.10 bits per heavy atom. The number of nitrogens with one attached hydrogen (secondary N) is 1. The number of hydrogen-bond acceptors (Lipinski definition) is 5. The van der Waals surface area contributed by atoms with Gasteiger partial charge in [-0.2, -0.15) is 0 Å². The van der Waals surface area contributed by atoms with Gasteiger partial charge in [-0.3, -0.25) is 9.36 Å². The van der Waals surface area contributed by atoms with Gasteiger partial charge in [0.05, 0.1) is 5.75 Å². The molecule has 7 heteroatoms. The maximum Gasteiger partial charge on any atom is 0.234 e. The van der Waals surface area contributed by atoms with Crippen LogP contribution in [0.5, 0.6) is 5.75 Å². The van der Waals surface area contributed by atoms with Crippen molar-refractivity contribution in [3.63, 3.8) is 0 Å². The van der Waals surface area contributed by atoms with Crippen molar-refractivity contribution in [2.45, 2.75) is 39.1 Å². The lowest BCUT2D eigenvalue weighted by Crippen LogP contribution is -2.15. The summed E-state index contributed by atoms with van der Waals surface area (Å²) in [5.41, 5.74) is 4.21. The smallest absolute Gasteiger partial charge is 0.234 e. The average Bonchev–Trinajstić information content (AvgIpc) is 3.07. The number of rotatable bonds is 9. The number of allylic oxidation sites excluding steroid dienone is 1. The lowest BCUT2D eigenvalue weighted by Gasteiger charge is -2.10.